The highest BCUT2D eigenvalue weighted by atomic mass is 79.9. The van der Waals surface area contributed by atoms with Crippen LogP contribution in [0.25, 0.3) is 22.4 Å². The summed E-state index contributed by atoms with van der Waals surface area (Å²) in [6.45, 7) is 0. The van der Waals surface area contributed by atoms with E-state index in [1.807, 2.05) is 24.3 Å². The molecule has 0 aliphatic carbocycles. The van der Waals surface area contributed by atoms with Crippen LogP contribution in [0.2, 0.25) is 8.67 Å². The van der Waals surface area contributed by atoms with Gasteiger partial charge in [-0.2, -0.15) is 0 Å². The Morgan fingerprint density at radius 2 is 2.05 bits per heavy atom. The Morgan fingerprint density at radius 1 is 1.25 bits per heavy atom. The summed E-state index contributed by atoms with van der Waals surface area (Å²) in [6, 6.07) is 9.47. The number of hydrogen-bond acceptors (Lipinski definition) is 4. The normalized spacial score (nSPS) is 10.9. The van der Waals surface area contributed by atoms with Crippen molar-refractivity contribution in [2.24, 2.45) is 0 Å². The SMILES string of the molecule is Nc1onc(-c2cc(Cl)sc2Cl)c1-c1cccc(Br)c1. The molecule has 1 aromatic carbocycles. The third kappa shape index (κ3) is 2.46. The minimum atomic E-state index is 0.247. The summed E-state index contributed by atoms with van der Waals surface area (Å²) in [6.07, 6.45) is 0. The van der Waals surface area contributed by atoms with Crippen molar-refractivity contribution in [1.29, 1.82) is 0 Å². The molecule has 0 amide bonds. The van der Waals surface area contributed by atoms with E-state index < -0.39 is 0 Å². The van der Waals surface area contributed by atoms with Crippen LogP contribution in [0.4, 0.5) is 5.88 Å². The van der Waals surface area contributed by atoms with Gasteiger partial charge in [0.05, 0.1) is 9.90 Å². The van der Waals surface area contributed by atoms with Gasteiger partial charge in [0.25, 0.3) is 0 Å². The van der Waals surface area contributed by atoms with Gasteiger partial charge in [0.1, 0.15) is 10.0 Å². The summed E-state index contributed by atoms with van der Waals surface area (Å²) in [4.78, 5) is 0. The minimum absolute atomic E-state index is 0.247. The summed E-state index contributed by atoms with van der Waals surface area (Å²) >= 11 is 16.9. The fourth-order valence-electron chi connectivity index (χ4n) is 1.91. The van der Waals surface area contributed by atoms with Crippen molar-refractivity contribution in [3.63, 3.8) is 0 Å². The highest BCUT2D eigenvalue weighted by Gasteiger charge is 2.21. The van der Waals surface area contributed by atoms with E-state index in [4.69, 9.17) is 33.5 Å². The molecule has 3 aromatic rings. The number of nitrogens with two attached hydrogens (primary N) is 1. The Bertz CT molecular complexity index is 785. The third-order valence-corrected chi connectivity index (χ3v) is 4.72. The Kier molecular flexibility index (Phi) is 3.77. The number of aromatic nitrogens is 1. The topological polar surface area (TPSA) is 52.0 Å². The number of hydrogen-bond donors (Lipinski definition) is 1. The molecule has 0 saturated heterocycles. The van der Waals surface area contributed by atoms with Crippen LogP contribution in [0.5, 0.6) is 0 Å². The molecule has 0 saturated carbocycles. The predicted molar refractivity (Wildman–Crippen MR) is 87.4 cm³/mol. The van der Waals surface area contributed by atoms with Gasteiger partial charge in [-0.05, 0) is 23.8 Å². The minimum Gasteiger partial charge on any atom is -0.367 e. The van der Waals surface area contributed by atoms with Crippen LogP contribution in [0.15, 0.2) is 39.3 Å². The molecular weight excluding hydrogens is 383 g/mol. The van der Waals surface area contributed by atoms with Crippen molar-refractivity contribution < 1.29 is 4.52 Å². The second-order valence-corrected chi connectivity index (χ2v) is 7.22. The standard InChI is InChI=1S/C13H7BrCl2N2OS/c14-7-3-1-2-6(4-7)10-11(18-19-13(10)17)8-5-9(15)20-12(8)16/h1-5H,17H2. The lowest BCUT2D eigenvalue weighted by Crippen LogP contribution is -1.87. The number of nitrogen functional groups attached to an aromatic ring is 1. The number of rotatable bonds is 2. The number of halogens is 3. The maximum atomic E-state index is 6.18. The molecule has 0 bridgehead atoms. The van der Waals surface area contributed by atoms with E-state index in [1.54, 1.807) is 6.07 Å². The molecule has 2 N–H and O–H groups in total. The molecule has 20 heavy (non-hydrogen) atoms. The lowest BCUT2D eigenvalue weighted by Gasteiger charge is -2.02. The first-order valence-corrected chi connectivity index (χ1v) is 7.89. The molecule has 0 aliphatic heterocycles. The van der Waals surface area contributed by atoms with Crippen molar-refractivity contribution >= 4 is 56.4 Å². The first-order valence-electron chi connectivity index (χ1n) is 5.52. The maximum absolute atomic E-state index is 6.18. The van der Waals surface area contributed by atoms with E-state index in [9.17, 15) is 0 Å². The maximum Gasteiger partial charge on any atom is 0.230 e. The van der Waals surface area contributed by atoms with E-state index in [2.05, 4.69) is 21.1 Å². The van der Waals surface area contributed by atoms with Crippen LogP contribution >= 0.6 is 50.5 Å². The molecule has 0 unspecified atom stereocenters. The van der Waals surface area contributed by atoms with E-state index in [0.29, 0.717) is 19.9 Å². The van der Waals surface area contributed by atoms with Gasteiger partial charge in [-0.3, -0.25) is 0 Å². The molecule has 0 atom stereocenters. The molecule has 7 heteroatoms. The zero-order valence-electron chi connectivity index (χ0n) is 9.86. The quantitative estimate of drug-likeness (QED) is 0.609. The van der Waals surface area contributed by atoms with E-state index in [0.717, 1.165) is 15.6 Å². The fraction of sp³-hybridized carbons (Fsp3) is 0. The van der Waals surface area contributed by atoms with Crippen molar-refractivity contribution in [1.82, 2.24) is 5.16 Å². The van der Waals surface area contributed by atoms with Gasteiger partial charge in [-0.1, -0.05) is 56.4 Å². The Balaban J connectivity index is 2.22. The molecule has 102 valence electrons. The van der Waals surface area contributed by atoms with Crippen LogP contribution in [0, 0.1) is 0 Å². The molecule has 0 spiro atoms. The van der Waals surface area contributed by atoms with Crippen molar-refractivity contribution in [2.45, 2.75) is 0 Å². The summed E-state index contributed by atoms with van der Waals surface area (Å²) in [5, 5.41) is 4.01. The predicted octanol–water partition coefficient (Wildman–Crippen LogP) is 5.72. The average molecular weight is 390 g/mol. The van der Waals surface area contributed by atoms with E-state index in [-0.39, 0.29) is 5.88 Å². The van der Waals surface area contributed by atoms with Crippen LogP contribution < -0.4 is 5.73 Å². The third-order valence-electron chi connectivity index (χ3n) is 2.74. The van der Waals surface area contributed by atoms with Gasteiger partial charge >= 0.3 is 0 Å². The second kappa shape index (κ2) is 5.41. The number of anilines is 1. The van der Waals surface area contributed by atoms with Gasteiger partial charge in [0.2, 0.25) is 5.88 Å². The van der Waals surface area contributed by atoms with Crippen LogP contribution in [0.1, 0.15) is 0 Å². The summed E-state index contributed by atoms with van der Waals surface area (Å²) in [5.74, 6) is 0.247. The van der Waals surface area contributed by atoms with Crippen molar-refractivity contribution in [3.05, 3.63) is 43.5 Å². The Labute approximate surface area is 137 Å². The average Bonchev–Trinajstić information content (AvgIpc) is 2.92. The van der Waals surface area contributed by atoms with Crippen LogP contribution in [-0.4, -0.2) is 5.16 Å². The Hall–Kier alpha value is -1.01. The van der Waals surface area contributed by atoms with E-state index in [1.165, 1.54) is 11.3 Å². The highest BCUT2D eigenvalue weighted by molar-refractivity contribution is 9.10. The lowest BCUT2D eigenvalue weighted by atomic mass is 10.0. The van der Waals surface area contributed by atoms with Crippen molar-refractivity contribution in [3.8, 4) is 22.4 Å². The van der Waals surface area contributed by atoms with E-state index >= 15 is 0 Å². The van der Waals surface area contributed by atoms with Gasteiger partial charge < -0.3 is 10.3 Å². The van der Waals surface area contributed by atoms with Crippen molar-refractivity contribution in [2.75, 3.05) is 5.73 Å². The lowest BCUT2D eigenvalue weighted by molar-refractivity contribution is 0.439. The molecule has 0 aliphatic rings. The molecular formula is C13H7BrCl2N2OS. The zero-order valence-corrected chi connectivity index (χ0v) is 13.8. The van der Waals surface area contributed by atoms with Gasteiger partial charge in [-0.15, -0.1) is 11.3 Å². The molecule has 2 heterocycles. The molecule has 3 rings (SSSR count). The largest absolute Gasteiger partial charge is 0.367 e. The van der Waals surface area contributed by atoms with Crippen LogP contribution in [-0.2, 0) is 0 Å². The van der Waals surface area contributed by atoms with Gasteiger partial charge in [-0.25, -0.2) is 0 Å². The van der Waals surface area contributed by atoms with Crippen LogP contribution in [0.3, 0.4) is 0 Å². The smallest absolute Gasteiger partial charge is 0.230 e. The molecule has 0 radical (unpaired) electrons. The zero-order chi connectivity index (χ0) is 14.3. The molecule has 3 nitrogen and oxygen atoms in total. The fourth-order valence-corrected chi connectivity index (χ4v) is 3.78. The summed E-state index contributed by atoms with van der Waals surface area (Å²) in [5.41, 5.74) is 8.82. The first kappa shape index (κ1) is 13.9. The number of nitrogens with zero attached hydrogens (tertiary/aromatic N) is 1. The summed E-state index contributed by atoms with van der Waals surface area (Å²) < 4.78 is 7.21. The summed E-state index contributed by atoms with van der Waals surface area (Å²) in [7, 11) is 0. The highest BCUT2D eigenvalue weighted by Crippen LogP contribution is 2.43. The first-order chi connectivity index (χ1) is 9.56. The number of thiophene rings is 1. The molecule has 0 fully saturated rings. The van der Waals surface area contributed by atoms with Gasteiger partial charge in [0.15, 0.2) is 0 Å². The number of benzene rings is 1. The molecule has 2 aromatic heterocycles. The monoisotopic (exact) mass is 388 g/mol. The second-order valence-electron chi connectivity index (χ2n) is 4.02. The Morgan fingerprint density at radius 3 is 2.70 bits per heavy atom. The van der Waals surface area contributed by atoms with Gasteiger partial charge in [0, 0.05) is 10.0 Å².